The topological polar surface area (TPSA) is 85.2 Å². The molecule has 1 aliphatic heterocycles. The second-order valence-corrected chi connectivity index (χ2v) is 6.18. The van der Waals surface area contributed by atoms with Gasteiger partial charge in [-0.3, -0.25) is 4.90 Å². The van der Waals surface area contributed by atoms with E-state index >= 15 is 0 Å². The molecule has 1 heterocycles. The quantitative estimate of drug-likeness (QED) is 0.526. The van der Waals surface area contributed by atoms with Crippen LogP contribution < -0.4 is 10.1 Å². The first-order valence-electron chi connectivity index (χ1n) is 8.30. The van der Waals surface area contributed by atoms with Gasteiger partial charge in [0.1, 0.15) is 5.75 Å². The lowest BCUT2D eigenvalue weighted by Gasteiger charge is -2.36. The lowest BCUT2D eigenvalue weighted by molar-refractivity contribution is -0.274. The standard InChI is InChI=1S/C18H19F3N2O4.2ClH/c19-18(20,21)27-12-3-1-11(2-4-12)15(23-9-7-22-8-10-23)13-5-6-14(24)17(26)16(13)25;;/h1-6,15,22,24-26H,7-10H2;2*1H/t15-;;/m0../s1. The highest BCUT2D eigenvalue weighted by Crippen LogP contribution is 2.43. The Morgan fingerprint density at radius 1 is 0.897 bits per heavy atom. The van der Waals surface area contributed by atoms with Crippen LogP contribution in [0.15, 0.2) is 36.4 Å². The van der Waals surface area contributed by atoms with E-state index in [0.717, 1.165) is 0 Å². The Balaban J connectivity index is 0.00000210. The molecule has 0 radical (unpaired) electrons. The van der Waals surface area contributed by atoms with Crippen LogP contribution in [0.5, 0.6) is 23.0 Å². The molecule has 0 aromatic heterocycles. The molecule has 2 aromatic carbocycles. The predicted octanol–water partition coefficient (Wildman–Crippen LogP) is 3.54. The smallest absolute Gasteiger partial charge is 0.504 e. The van der Waals surface area contributed by atoms with Gasteiger partial charge in [0.2, 0.25) is 5.75 Å². The Labute approximate surface area is 177 Å². The minimum Gasteiger partial charge on any atom is -0.504 e. The molecule has 0 amide bonds. The van der Waals surface area contributed by atoms with Crippen LogP contribution in [0.2, 0.25) is 0 Å². The van der Waals surface area contributed by atoms with Gasteiger partial charge in [-0.2, -0.15) is 0 Å². The number of halogens is 5. The van der Waals surface area contributed by atoms with Crippen LogP contribution in [0.25, 0.3) is 0 Å². The van der Waals surface area contributed by atoms with Crippen molar-refractivity contribution >= 4 is 24.8 Å². The van der Waals surface area contributed by atoms with Crippen LogP contribution in [0.1, 0.15) is 17.2 Å². The first-order chi connectivity index (χ1) is 12.8. The molecule has 0 aliphatic carbocycles. The summed E-state index contributed by atoms with van der Waals surface area (Å²) in [5, 5.41) is 33.0. The van der Waals surface area contributed by atoms with E-state index in [9.17, 15) is 28.5 Å². The number of ether oxygens (including phenoxy) is 1. The summed E-state index contributed by atoms with van der Waals surface area (Å²) < 4.78 is 41.0. The monoisotopic (exact) mass is 456 g/mol. The molecule has 11 heteroatoms. The summed E-state index contributed by atoms with van der Waals surface area (Å²) in [5.74, 6) is -1.90. The second kappa shape index (κ2) is 10.1. The average molecular weight is 457 g/mol. The Bertz CT molecular complexity index is 801. The van der Waals surface area contributed by atoms with Gasteiger partial charge in [0, 0.05) is 31.7 Å². The third kappa shape index (κ3) is 5.96. The van der Waals surface area contributed by atoms with Crippen molar-refractivity contribution in [2.45, 2.75) is 12.4 Å². The summed E-state index contributed by atoms with van der Waals surface area (Å²) in [7, 11) is 0. The van der Waals surface area contributed by atoms with Gasteiger partial charge in [0.05, 0.1) is 6.04 Å². The van der Waals surface area contributed by atoms with Crippen LogP contribution in [-0.2, 0) is 0 Å². The number of piperazine rings is 1. The van der Waals surface area contributed by atoms with Crippen LogP contribution >= 0.6 is 24.8 Å². The lowest BCUT2D eigenvalue weighted by atomic mass is 9.95. The van der Waals surface area contributed by atoms with Gasteiger partial charge < -0.3 is 25.4 Å². The van der Waals surface area contributed by atoms with Gasteiger partial charge in [-0.05, 0) is 29.8 Å². The van der Waals surface area contributed by atoms with Crippen molar-refractivity contribution in [1.82, 2.24) is 10.2 Å². The van der Waals surface area contributed by atoms with Gasteiger partial charge >= 0.3 is 6.36 Å². The van der Waals surface area contributed by atoms with Crippen molar-refractivity contribution in [2.75, 3.05) is 26.2 Å². The van der Waals surface area contributed by atoms with Crippen LogP contribution in [-0.4, -0.2) is 52.8 Å². The first-order valence-corrected chi connectivity index (χ1v) is 8.30. The number of phenols is 3. The minimum atomic E-state index is -4.78. The number of nitrogens with zero attached hydrogens (tertiary/aromatic N) is 1. The molecule has 3 rings (SSSR count). The van der Waals surface area contributed by atoms with E-state index in [4.69, 9.17) is 0 Å². The SMILES string of the molecule is Cl.Cl.Oc1ccc([C@H](c2ccc(OC(F)(F)F)cc2)N2CCNCC2)c(O)c1O. The molecule has 29 heavy (non-hydrogen) atoms. The zero-order chi connectivity index (χ0) is 19.6. The number of phenolic OH excluding ortho intramolecular Hbond substituents is 3. The summed E-state index contributed by atoms with van der Waals surface area (Å²) in [6.07, 6.45) is -4.78. The average Bonchev–Trinajstić information content (AvgIpc) is 2.63. The number of rotatable bonds is 4. The lowest BCUT2D eigenvalue weighted by Crippen LogP contribution is -2.45. The Kier molecular flexibility index (Phi) is 8.70. The molecule has 1 atom stereocenters. The zero-order valence-corrected chi connectivity index (χ0v) is 16.7. The molecule has 1 aliphatic rings. The van der Waals surface area contributed by atoms with Crippen molar-refractivity contribution in [2.24, 2.45) is 0 Å². The maximum atomic E-state index is 12.4. The van der Waals surface area contributed by atoms with E-state index in [1.807, 2.05) is 4.90 Å². The summed E-state index contributed by atoms with van der Waals surface area (Å²) >= 11 is 0. The maximum absolute atomic E-state index is 12.4. The number of aromatic hydroxyl groups is 3. The molecule has 0 unspecified atom stereocenters. The molecule has 162 valence electrons. The second-order valence-electron chi connectivity index (χ2n) is 6.18. The molecular formula is C18H21Cl2F3N2O4. The highest BCUT2D eigenvalue weighted by Gasteiger charge is 2.32. The molecule has 1 saturated heterocycles. The zero-order valence-electron chi connectivity index (χ0n) is 15.0. The Hall–Kier alpha value is -2.07. The molecule has 0 spiro atoms. The minimum absolute atomic E-state index is 0. The number of hydrogen-bond acceptors (Lipinski definition) is 6. The molecule has 0 saturated carbocycles. The van der Waals surface area contributed by atoms with Crippen LogP contribution in [0, 0.1) is 0 Å². The highest BCUT2D eigenvalue weighted by molar-refractivity contribution is 5.85. The maximum Gasteiger partial charge on any atom is 0.573 e. The summed E-state index contributed by atoms with van der Waals surface area (Å²) in [6, 6.07) is 7.61. The third-order valence-electron chi connectivity index (χ3n) is 4.40. The van der Waals surface area contributed by atoms with E-state index in [2.05, 4.69) is 10.1 Å². The van der Waals surface area contributed by atoms with Gasteiger partial charge in [-0.15, -0.1) is 38.0 Å². The van der Waals surface area contributed by atoms with Crippen molar-refractivity contribution < 1.29 is 33.2 Å². The van der Waals surface area contributed by atoms with E-state index in [0.29, 0.717) is 37.3 Å². The normalized spacial score (nSPS) is 15.7. The Morgan fingerprint density at radius 3 is 2.03 bits per heavy atom. The van der Waals surface area contributed by atoms with E-state index in [1.54, 1.807) is 0 Å². The summed E-state index contributed by atoms with van der Waals surface area (Å²) in [4.78, 5) is 2.03. The Morgan fingerprint density at radius 2 is 1.48 bits per heavy atom. The fourth-order valence-electron chi connectivity index (χ4n) is 3.18. The fourth-order valence-corrected chi connectivity index (χ4v) is 3.18. The molecule has 4 N–H and O–H groups in total. The third-order valence-corrected chi connectivity index (χ3v) is 4.40. The molecular weight excluding hydrogens is 436 g/mol. The largest absolute Gasteiger partial charge is 0.573 e. The van der Waals surface area contributed by atoms with Crippen molar-refractivity contribution in [3.63, 3.8) is 0 Å². The van der Waals surface area contributed by atoms with Crippen molar-refractivity contribution in [3.8, 4) is 23.0 Å². The highest BCUT2D eigenvalue weighted by atomic mass is 35.5. The van der Waals surface area contributed by atoms with Gasteiger partial charge in [0.15, 0.2) is 11.5 Å². The summed E-state index contributed by atoms with van der Waals surface area (Å²) in [6.45, 7) is 2.67. The van der Waals surface area contributed by atoms with E-state index in [1.165, 1.54) is 36.4 Å². The molecule has 2 aromatic rings. The molecule has 1 fully saturated rings. The fraction of sp³-hybridized carbons (Fsp3) is 0.333. The number of benzene rings is 2. The number of nitrogens with one attached hydrogen (secondary N) is 1. The van der Waals surface area contributed by atoms with E-state index in [-0.39, 0.29) is 30.6 Å². The summed E-state index contributed by atoms with van der Waals surface area (Å²) in [5.41, 5.74) is 0.962. The van der Waals surface area contributed by atoms with Crippen molar-refractivity contribution in [1.29, 1.82) is 0 Å². The van der Waals surface area contributed by atoms with Crippen molar-refractivity contribution in [3.05, 3.63) is 47.5 Å². The van der Waals surface area contributed by atoms with Gasteiger partial charge in [-0.1, -0.05) is 12.1 Å². The predicted molar refractivity (Wildman–Crippen MR) is 105 cm³/mol. The van der Waals surface area contributed by atoms with E-state index < -0.39 is 29.7 Å². The van der Waals surface area contributed by atoms with Crippen LogP contribution in [0.3, 0.4) is 0 Å². The molecule has 0 bridgehead atoms. The molecule has 6 nitrogen and oxygen atoms in total. The van der Waals surface area contributed by atoms with Gasteiger partial charge in [-0.25, -0.2) is 0 Å². The first kappa shape index (κ1) is 25.0. The van der Waals surface area contributed by atoms with Gasteiger partial charge in [0.25, 0.3) is 0 Å². The van der Waals surface area contributed by atoms with Crippen LogP contribution in [0.4, 0.5) is 13.2 Å². The number of hydrogen-bond donors (Lipinski definition) is 4. The number of alkyl halides is 3.